The summed E-state index contributed by atoms with van der Waals surface area (Å²) in [7, 11) is -3.45. The number of benzene rings is 2. The van der Waals surface area contributed by atoms with Crippen molar-refractivity contribution >= 4 is 44.7 Å². The van der Waals surface area contributed by atoms with E-state index in [0.29, 0.717) is 86.6 Å². The molecule has 4 rings (SSSR count). The summed E-state index contributed by atoms with van der Waals surface area (Å²) < 4.78 is 26.9. The molecule has 0 aliphatic carbocycles. The molecular weight excluding hydrogens is 624 g/mol. The van der Waals surface area contributed by atoms with Gasteiger partial charge in [-0.1, -0.05) is 48.8 Å². The third-order valence-corrected chi connectivity index (χ3v) is 11.7. The van der Waals surface area contributed by atoms with Crippen LogP contribution in [0.5, 0.6) is 0 Å². The average molecular weight is 673 g/mol. The van der Waals surface area contributed by atoms with Crippen molar-refractivity contribution < 1.29 is 22.8 Å². The summed E-state index contributed by atoms with van der Waals surface area (Å²) in [5.74, 6) is 0.357. The number of hydrogen-bond donors (Lipinski definition) is 0. The molecular formula is C35H49ClN4O5S. The van der Waals surface area contributed by atoms with Crippen molar-refractivity contribution in [2.24, 2.45) is 17.0 Å². The van der Waals surface area contributed by atoms with E-state index in [1.807, 2.05) is 36.9 Å². The van der Waals surface area contributed by atoms with Gasteiger partial charge in [-0.05, 0) is 107 Å². The number of oxime groups is 1. The highest BCUT2D eigenvalue weighted by molar-refractivity contribution is 7.92. The number of nitrogens with zero attached hydrogens (tertiary/aromatic N) is 4. The molecule has 11 heteroatoms. The summed E-state index contributed by atoms with van der Waals surface area (Å²) in [6.45, 7) is 13.9. The molecule has 2 heterocycles. The second kappa shape index (κ2) is 16.2. The number of carbonyl (C=O) groups is 2. The quantitative estimate of drug-likeness (QED) is 0.204. The van der Waals surface area contributed by atoms with Crippen molar-refractivity contribution in [1.29, 1.82) is 0 Å². The van der Waals surface area contributed by atoms with E-state index < -0.39 is 15.1 Å². The summed E-state index contributed by atoms with van der Waals surface area (Å²) in [5, 5.41) is 4.35. The van der Waals surface area contributed by atoms with E-state index in [-0.39, 0.29) is 17.7 Å². The standard InChI is InChI=1S/C35H49ClN4O5S/c1-25(2)24-45-37-27(4)29-8-11-32(12-9-29)46(43,44)33-15-19-38(20-16-33)17-6-18-40(31-10-7-26(3)34(36)23-31)35(42)30-13-21-39(22-14-30)28(5)41/h7-12,23,25,30,33H,6,13-22,24H2,1-5H3. The average Bonchev–Trinajstić information content (AvgIpc) is 3.04. The highest BCUT2D eigenvalue weighted by Crippen LogP contribution is 2.29. The van der Waals surface area contributed by atoms with Gasteiger partial charge in [-0.15, -0.1) is 0 Å². The van der Waals surface area contributed by atoms with Crippen LogP contribution in [0, 0.1) is 18.8 Å². The minimum atomic E-state index is -3.45. The normalized spacial score (nSPS) is 17.4. The smallest absolute Gasteiger partial charge is 0.230 e. The van der Waals surface area contributed by atoms with Gasteiger partial charge in [0.25, 0.3) is 0 Å². The van der Waals surface area contributed by atoms with Crippen LogP contribution < -0.4 is 4.90 Å². The number of halogens is 1. The van der Waals surface area contributed by atoms with E-state index in [1.165, 1.54) is 0 Å². The molecule has 0 bridgehead atoms. The number of anilines is 1. The molecule has 0 N–H and O–H groups in total. The van der Waals surface area contributed by atoms with Gasteiger partial charge in [0.05, 0.1) is 15.9 Å². The Labute approximate surface area is 279 Å². The topological polar surface area (TPSA) is 99.6 Å². The first-order chi connectivity index (χ1) is 21.9. The first kappa shape index (κ1) is 35.9. The second-order valence-electron chi connectivity index (χ2n) is 13.0. The van der Waals surface area contributed by atoms with E-state index in [1.54, 1.807) is 36.1 Å². The Morgan fingerprint density at radius 1 is 1.00 bits per heavy atom. The van der Waals surface area contributed by atoms with Gasteiger partial charge < -0.3 is 19.5 Å². The number of amides is 2. The lowest BCUT2D eigenvalue weighted by Crippen LogP contribution is -2.45. The van der Waals surface area contributed by atoms with Gasteiger partial charge in [-0.3, -0.25) is 9.59 Å². The summed E-state index contributed by atoms with van der Waals surface area (Å²) >= 11 is 6.45. The number of carbonyl (C=O) groups excluding carboxylic acids is 2. The second-order valence-corrected chi connectivity index (χ2v) is 15.7. The third kappa shape index (κ3) is 9.32. The molecule has 0 radical (unpaired) electrons. The Kier molecular flexibility index (Phi) is 12.7. The molecule has 0 saturated carbocycles. The first-order valence-corrected chi connectivity index (χ1v) is 18.4. The van der Waals surface area contributed by atoms with Crippen LogP contribution in [0.2, 0.25) is 5.02 Å². The van der Waals surface area contributed by atoms with Crippen molar-refractivity contribution in [3.8, 4) is 0 Å². The summed E-state index contributed by atoms with van der Waals surface area (Å²) in [6, 6.07) is 12.7. The van der Waals surface area contributed by atoms with Crippen LogP contribution >= 0.6 is 11.6 Å². The highest BCUT2D eigenvalue weighted by atomic mass is 35.5. The molecule has 252 valence electrons. The number of likely N-dealkylation sites (tertiary alicyclic amines) is 2. The molecule has 46 heavy (non-hydrogen) atoms. The van der Waals surface area contributed by atoms with Gasteiger partial charge in [0, 0.05) is 43.2 Å². The summed E-state index contributed by atoms with van der Waals surface area (Å²) in [6.07, 6.45) is 3.19. The SMILES string of the molecule is CC(=O)N1CCC(C(=O)N(CCCN2CCC(S(=O)(=O)c3ccc(C(C)=NOCC(C)C)cc3)CC2)c2ccc(C)c(Cl)c2)CC1. The Bertz CT molecular complexity index is 1480. The third-order valence-electron chi connectivity index (χ3n) is 9.06. The highest BCUT2D eigenvalue weighted by Gasteiger charge is 2.33. The van der Waals surface area contributed by atoms with Gasteiger partial charge in [-0.2, -0.15) is 0 Å². The minimum Gasteiger partial charge on any atom is -0.395 e. The fourth-order valence-electron chi connectivity index (χ4n) is 6.09. The predicted octanol–water partition coefficient (Wildman–Crippen LogP) is 5.96. The van der Waals surface area contributed by atoms with Crippen LogP contribution in [0.25, 0.3) is 0 Å². The maximum absolute atomic E-state index is 13.8. The number of sulfone groups is 1. The lowest BCUT2D eigenvalue weighted by atomic mass is 9.94. The van der Waals surface area contributed by atoms with Crippen molar-refractivity contribution in [3.05, 3.63) is 58.6 Å². The molecule has 0 spiro atoms. The predicted molar refractivity (Wildman–Crippen MR) is 184 cm³/mol. The van der Waals surface area contributed by atoms with Gasteiger partial charge in [0.15, 0.2) is 9.84 Å². The van der Waals surface area contributed by atoms with Crippen LogP contribution in [0.3, 0.4) is 0 Å². The Morgan fingerprint density at radius 3 is 2.24 bits per heavy atom. The lowest BCUT2D eigenvalue weighted by molar-refractivity contribution is -0.133. The summed E-state index contributed by atoms with van der Waals surface area (Å²) in [5.41, 5.74) is 3.29. The molecule has 2 aliphatic rings. The molecule has 2 aromatic carbocycles. The van der Waals surface area contributed by atoms with Gasteiger partial charge >= 0.3 is 0 Å². The van der Waals surface area contributed by atoms with Crippen LogP contribution in [-0.4, -0.2) is 86.9 Å². The maximum Gasteiger partial charge on any atom is 0.230 e. The fraction of sp³-hybridized carbons (Fsp3) is 0.571. The first-order valence-electron chi connectivity index (χ1n) is 16.4. The van der Waals surface area contributed by atoms with E-state index in [0.717, 1.165) is 29.8 Å². The maximum atomic E-state index is 13.8. The molecule has 0 atom stereocenters. The van der Waals surface area contributed by atoms with Crippen LogP contribution in [0.1, 0.15) is 70.9 Å². The zero-order valence-electron chi connectivity index (χ0n) is 27.9. The van der Waals surface area contributed by atoms with Crippen molar-refractivity contribution in [3.63, 3.8) is 0 Å². The van der Waals surface area contributed by atoms with E-state index >= 15 is 0 Å². The van der Waals surface area contributed by atoms with E-state index in [2.05, 4.69) is 23.9 Å². The number of aryl methyl sites for hydroxylation is 1. The monoisotopic (exact) mass is 672 g/mol. The van der Waals surface area contributed by atoms with Gasteiger partial charge in [0.2, 0.25) is 11.8 Å². The molecule has 0 unspecified atom stereocenters. The lowest BCUT2D eigenvalue weighted by Gasteiger charge is -2.35. The number of rotatable bonds is 12. The molecule has 2 fully saturated rings. The number of hydrogen-bond acceptors (Lipinski definition) is 7. The largest absolute Gasteiger partial charge is 0.395 e. The Morgan fingerprint density at radius 2 is 1.65 bits per heavy atom. The van der Waals surface area contributed by atoms with Gasteiger partial charge in [0.1, 0.15) is 6.61 Å². The Balaban J connectivity index is 1.32. The summed E-state index contributed by atoms with van der Waals surface area (Å²) in [4.78, 5) is 37.2. The van der Waals surface area contributed by atoms with Crippen molar-refractivity contribution in [1.82, 2.24) is 9.80 Å². The van der Waals surface area contributed by atoms with Crippen LogP contribution in [0.15, 0.2) is 52.5 Å². The zero-order chi connectivity index (χ0) is 33.4. The molecule has 0 aromatic heterocycles. The van der Waals surface area contributed by atoms with Crippen LogP contribution in [-0.2, 0) is 24.3 Å². The van der Waals surface area contributed by atoms with E-state index in [4.69, 9.17) is 16.4 Å². The van der Waals surface area contributed by atoms with E-state index in [9.17, 15) is 18.0 Å². The number of piperidine rings is 2. The minimum absolute atomic E-state index is 0.0473. The molecule has 2 aliphatic heterocycles. The Hall–Kier alpha value is -2.95. The fourth-order valence-corrected chi connectivity index (χ4v) is 7.99. The zero-order valence-corrected chi connectivity index (χ0v) is 29.4. The van der Waals surface area contributed by atoms with Gasteiger partial charge in [-0.25, -0.2) is 8.42 Å². The molecule has 9 nitrogen and oxygen atoms in total. The molecule has 2 amide bonds. The van der Waals surface area contributed by atoms with Crippen molar-refractivity contribution in [2.75, 3.05) is 50.8 Å². The molecule has 2 saturated heterocycles. The van der Waals surface area contributed by atoms with Crippen LogP contribution in [0.4, 0.5) is 5.69 Å². The molecule has 2 aromatic rings. The van der Waals surface area contributed by atoms with Crippen molar-refractivity contribution in [2.45, 2.75) is 76.9 Å².